The van der Waals surface area contributed by atoms with Crippen LogP contribution in [0.2, 0.25) is 0 Å². The van der Waals surface area contributed by atoms with Crippen molar-refractivity contribution in [3.05, 3.63) is 53.1 Å². The molecule has 0 spiro atoms. The predicted molar refractivity (Wildman–Crippen MR) is 137 cm³/mol. The van der Waals surface area contributed by atoms with E-state index in [-0.39, 0.29) is 28.5 Å². The molecule has 2 aliphatic carbocycles. The van der Waals surface area contributed by atoms with Crippen molar-refractivity contribution in [3.63, 3.8) is 0 Å². The van der Waals surface area contributed by atoms with Crippen LogP contribution in [0.1, 0.15) is 83.1 Å². The molecule has 39 heavy (non-hydrogen) atoms. The van der Waals surface area contributed by atoms with Gasteiger partial charge in [-0.1, -0.05) is 57.4 Å². The zero-order valence-electron chi connectivity index (χ0n) is 22.0. The van der Waals surface area contributed by atoms with Crippen molar-refractivity contribution in [1.82, 2.24) is 0 Å². The molecule has 1 atom stereocenters. The number of halogens is 7. The number of ether oxygens (including phenoxy) is 1. The molecule has 8 heteroatoms. The van der Waals surface area contributed by atoms with E-state index in [1.165, 1.54) is 44.4 Å². The second-order valence-electron chi connectivity index (χ2n) is 10.8. The second-order valence-corrected chi connectivity index (χ2v) is 10.8. The van der Waals surface area contributed by atoms with Crippen LogP contribution in [0.4, 0.5) is 30.7 Å². The van der Waals surface area contributed by atoms with E-state index in [0.29, 0.717) is 24.7 Å². The van der Waals surface area contributed by atoms with E-state index in [4.69, 9.17) is 4.74 Å². The topological polar surface area (TPSA) is 9.23 Å². The molecule has 0 radical (unpaired) electrons. The zero-order valence-corrected chi connectivity index (χ0v) is 22.0. The van der Waals surface area contributed by atoms with Gasteiger partial charge in [-0.05, 0) is 79.5 Å². The van der Waals surface area contributed by atoms with Crippen LogP contribution in [0.15, 0.2) is 35.9 Å². The first-order valence-corrected chi connectivity index (χ1v) is 13.7. The summed E-state index contributed by atoms with van der Waals surface area (Å²) in [4.78, 5) is 0. The Bertz CT molecular complexity index is 1240. The van der Waals surface area contributed by atoms with Crippen LogP contribution in [0.5, 0.6) is 5.75 Å². The van der Waals surface area contributed by atoms with Gasteiger partial charge in [-0.15, -0.1) is 0 Å². The lowest BCUT2D eigenvalue weighted by atomic mass is 9.70. The summed E-state index contributed by atoms with van der Waals surface area (Å²) in [6.45, 7) is 2.21. The fourth-order valence-electron chi connectivity index (χ4n) is 6.01. The smallest absolute Gasteiger partial charge is 0.429 e. The molecule has 1 unspecified atom stereocenters. The molecule has 1 fully saturated rings. The first-order valence-electron chi connectivity index (χ1n) is 13.7. The first-order chi connectivity index (χ1) is 18.5. The minimum atomic E-state index is -4.92. The van der Waals surface area contributed by atoms with Crippen LogP contribution in [0.25, 0.3) is 10.8 Å². The standard InChI is InChI=1S/C31H33F7O/c1-2-3-4-5-20-6-8-21(9-7-20)22-10-12-24(13-11-22)31(37,38)39-25-14-15-26-23(18-25)19-28(32)27(29(26)33)16-17-30(34,35)36/h12,14-15,18-22H,2-11,13H2,1H3. The van der Waals surface area contributed by atoms with Crippen molar-refractivity contribution in [1.29, 1.82) is 0 Å². The first kappa shape index (κ1) is 29.3. The van der Waals surface area contributed by atoms with Gasteiger partial charge in [-0.2, -0.15) is 22.0 Å². The third-order valence-corrected chi connectivity index (χ3v) is 8.17. The highest BCUT2D eigenvalue weighted by Crippen LogP contribution is 2.43. The van der Waals surface area contributed by atoms with Crippen LogP contribution in [0.3, 0.4) is 0 Å². The summed E-state index contributed by atoms with van der Waals surface area (Å²) in [7, 11) is 0. The van der Waals surface area contributed by atoms with Crippen molar-refractivity contribution < 1.29 is 35.5 Å². The SMILES string of the molecule is CCCCCC1CCC(C2CC=C(C(F)(F)Oc3ccc4c(F)c(C#CC(F)(F)F)c(F)cc4c3)CC2)CC1. The lowest BCUT2D eigenvalue weighted by Crippen LogP contribution is -2.31. The number of unbranched alkanes of at least 4 members (excludes halogenated alkanes) is 2. The average molecular weight is 555 g/mol. The Balaban J connectivity index is 1.40. The van der Waals surface area contributed by atoms with E-state index in [1.807, 2.05) is 0 Å². The van der Waals surface area contributed by atoms with E-state index in [0.717, 1.165) is 48.9 Å². The lowest BCUT2D eigenvalue weighted by molar-refractivity contribution is -0.145. The Morgan fingerprint density at radius 3 is 2.31 bits per heavy atom. The number of rotatable bonds is 8. The van der Waals surface area contributed by atoms with Crippen LogP contribution in [-0.2, 0) is 0 Å². The van der Waals surface area contributed by atoms with Crippen molar-refractivity contribution in [2.45, 2.75) is 89.8 Å². The molecule has 0 aromatic heterocycles. The van der Waals surface area contributed by atoms with Gasteiger partial charge in [0.2, 0.25) is 0 Å². The molecule has 0 aliphatic heterocycles. The maximum absolute atomic E-state index is 15.0. The van der Waals surface area contributed by atoms with Gasteiger partial charge in [0.15, 0.2) is 0 Å². The number of fused-ring (bicyclic) bond motifs is 1. The minimum Gasteiger partial charge on any atom is -0.429 e. The number of benzene rings is 2. The molecule has 4 rings (SSSR count). The Morgan fingerprint density at radius 2 is 1.67 bits per heavy atom. The zero-order chi connectivity index (χ0) is 28.2. The monoisotopic (exact) mass is 554 g/mol. The summed E-state index contributed by atoms with van der Waals surface area (Å²) in [5, 5.41) is -0.378. The third-order valence-electron chi connectivity index (χ3n) is 8.17. The molecule has 2 aromatic carbocycles. The van der Waals surface area contributed by atoms with Crippen molar-refractivity contribution in [3.8, 4) is 17.6 Å². The summed E-state index contributed by atoms with van der Waals surface area (Å²) < 4.78 is 101. The number of hydrogen-bond donors (Lipinski definition) is 0. The molecule has 0 N–H and O–H groups in total. The minimum absolute atomic E-state index is 0.109. The van der Waals surface area contributed by atoms with E-state index in [2.05, 4.69) is 6.92 Å². The maximum atomic E-state index is 15.0. The van der Waals surface area contributed by atoms with Gasteiger partial charge in [0.25, 0.3) is 0 Å². The summed E-state index contributed by atoms with van der Waals surface area (Å²) >= 11 is 0. The van der Waals surface area contributed by atoms with Crippen LogP contribution in [0, 0.1) is 41.2 Å². The van der Waals surface area contributed by atoms with Crippen LogP contribution in [-0.4, -0.2) is 12.3 Å². The second kappa shape index (κ2) is 12.2. The highest BCUT2D eigenvalue weighted by Gasteiger charge is 2.40. The molecule has 0 amide bonds. The highest BCUT2D eigenvalue weighted by molar-refractivity contribution is 5.86. The Kier molecular flexibility index (Phi) is 9.18. The lowest BCUT2D eigenvalue weighted by Gasteiger charge is -2.36. The largest absolute Gasteiger partial charge is 0.458 e. The Labute approximate surface area is 224 Å². The normalized spacial score (nSPS) is 22.3. The molecule has 0 saturated heterocycles. The average Bonchev–Trinajstić information content (AvgIpc) is 2.88. The Morgan fingerprint density at radius 1 is 0.923 bits per heavy atom. The van der Waals surface area contributed by atoms with Gasteiger partial charge in [0, 0.05) is 16.9 Å². The van der Waals surface area contributed by atoms with E-state index in [1.54, 1.807) is 6.08 Å². The van der Waals surface area contributed by atoms with E-state index in [9.17, 15) is 22.0 Å². The summed E-state index contributed by atoms with van der Waals surface area (Å²) in [5.74, 6) is 1.14. The molecule has 2 aliphatic rings. The number of hydrogen-bond acceptors (Lipinski definition) is 1. The van der Waals surface area contributed by atoms with E-state index >= 15 is 8.78 Å². The van der Waals surface area contributed by atoms with Gasteiger partial charge in [-0.25, -0.2) is 8.78 Å². The fraction of sp³-hybridized carbons (Fsp3) is 0.548. The quantitative estimate of drug-likeness (QED) is 0.137. The Hall–Kier alpha value is -2.69. The molecule has 0 heterocycles. The molecule has 212 valence electrons. The molecule has 2 aromatic rings. The van der Waals surface area contributed by atoms with Gasteiger partial charge in [-0.3, -0.25) is 0 Å². The van der Waals surface area contributed by atoms with Gasteiger partial charge in [0.1, 0.15) is 17.4 Å². The summed E-state index contributed by atoms with van der Waals surface area (Å²) in [6, 6.07) is 3.95. The fourth-order valence-corrected chi connectivity index (χ4v) is 6.01. The molecule has 0 bridgehead atoms. The van der Waals surface area contributed by atoms with Crippen molar-refractivity contribution in [2.24, 2.45) is 17.8 Å². The summed E-state index contributed by atoms with van der Waals surface area (Å²) in [6.07, 6.45) is 4.38. The van der Waals surface area contributed by atoms with Crippen molar-refractivity contribution >= 4 is 10.8 Å². The van der Waals surface area contributed by atoms with Gasteiger partial charge < -0.3 is 4.74 Å². The third kappa shape index (κ3) is 7.49. The maximum Gasteiger partial charge on any atom is 0.458 e. The molecular formula is C31H33F7O. The van der Waals surface area contributed by atoms with Gasteiger partial charge in [0.05, 0.1) is 5.56 Å². The number of allylic oxidation sites excluding steroid dienone is 1. The van der Waals surface area contributed by atoms with E-state index < -0.39 is 29.5 Å². The van der Waals surface area contributed by atoms with Crippen LogP contribution < -0.4 is 4.74 Å². The predicted octanol–water partition coefficient (Wildman–Crippen LogP) is 10.1. The molecular weight excluding hydrogens is 521 g/mol. The summed E-state index contributed by atoms with van der Waals surface area (Å²) in [5.41, 5.74) is -1.15. The van der Waals surface area contributed by atoms with Gasteiger partial charge >= 0.3 is 12.3 Å². The highest BCUT2D eigenvalue weighted by atomic mass is 19.4. The van der Waals surface area contributed by atoms with Crippen molar-refractivity contribution in [2.75, 3.05) is 0 Å². The molecule has 1 saturated carbocycles. The van der Waals surface area contributed by atoms with Crippen LogP contribution >= 0.6 is 0 Å². The molecule has 1 nitrogen and oxygen atoms in total. The number of alkyl halides is 5.